The van der Waals surface area contributed by atoms with Gasteiger partial charge < -0.3 is 5.32 Å². The zero-order chi connectivity index (χ0) is 13.7. The van der Waals surface area contributed by atoms with Gasteiger partial charge in [0.15, 0.2) is 0 Å². The second-order valence-electron chi connectivity index (χ2n) is 4.18. The van der Waals surface area contributed by atoms with Crippen LogP contribution < -0.4 is 5.32 Å². The molecule has 0 spiro atoms. The van der Waals surface area contributed by atoms with Gasteiger partial charge >= 0.3 is 0 Å². The zero-order valence-electron chi connectivity index (χ0n) is 11.2. The molecular weight excluding hydrogens is 262 g/mol. The van der Waals surface area contributed by atoms with Crippen molar-refractivity contribution in [2.75, 3.05) is 0 Å². The monoisotopic (exact) mass is 279 g/mol. The minimum absolute atomic E-state index is 0.684. The van der Waals surface area contributed by atoms with Crippen molar-refractivity contribution in [2.24, 2.45) is 0 Å². The molecule has 2 aromatic heterocycles. The highest BCUT2D eigenvalue weighted by atomic mass is 35.5. The SMILES string of the molecule is CCc1nn(CC)c(CNCc2ccncn2)c1Cl. The molecule has 0 fully saturated rings. The lowest BCUT2D eigenvalue weighted by Gasteiger charge is -2.07. The fourth-order valence-corrected chi connectivity index (χ4v) is 2.25. The Kier molecular flexibility index (Phi) is 4.87. The summed E-state index contributed by atoms with van der Waals surface area (Å²) in [7, 11) is 0. The summed E-state index contributed by atoms with van der Waals surface area (Å²) in [6.07, 6.45) is 4.14. The van der Waals surface area contributed by atoms with Crippen LogP contribution in [0, 0.1) is 0 Å². The van der Waals surface area contributed by atoms with Gasteiger partial charge in [0.05, 0.1) is 22.1 Å². The molecule has 0 aliphatic heterocycles. The van der Waals surface area contributed by atoms with Crippen LogP contribution in [0.1, 0.15) is 30.9 Å². The Morgan fingerprint density at radius 2 is 2.16 bits per heavy atom. The number of rotatable bonds is 6. The standard InChI is InChI=1S/C13H18ClN5/c1-3-11-13(14)12(19(4-2)18-11)8-16-7-10-5-6-15-9-17-10/h5-6,9,16H,3-4,7-8H2,1-2H3. The summed E-state index contributed by atoms with van der Waals surface area (Å²) in [5.41, 5.74) is 2.96. The minimum atomic E-state index is 0.684. The summed E-state index contributed by atoms with van der Waals surface area (Å²) in [5, 5.41) is 8.60. The molecule has 6 heteroatoms. The Labute approximate surface area is 118 Å². The van der Waals surface area contributed by atoms with E-state index < -0.39 is 0 Å². The highest BCUT2D eigenvalue weighted by molar-refractivity contribution is 6.31. The van der Waals surface area contributed by atoms with Crippen molar-refractivity contribution in [1.29, 1.82) is 0 Å². The summed E-state index contributed by atoms with van der Waals surface area (Å²) in [5.74, 6) is 0. The molecule has 0 aliphatic rings. The Balaban J connectivity index is 2.01. The molecule has 2 heterocycles. The predicted molar refractivity (Wildman–Crippen MR) is 74.9 cm³/mol. The van der Waals surface area contributed by atoms with Gasteiger partial charge in [0, 0.05) is 25.8 Å². The molecule has 5 nitrogen and oxygen atoms in total. The Morgan fingerprint density at radius 1 is 1.32 bits per heavy atom. The molecular formula is C13H18ClN5. The first-order chi connectivity index (χ1) is 9.26. The van der Waals surface area contributed by atoms with Gasteiger partial charge in [0.1, 0.15) is 6.33 Å². The van der Waals surface area contributed by atoms with Gasteiger partial charge in [0.2, 0.25) is 0 Å². The van der Waals surface area contributed by atoms with Crippen LogP contribution in [-0.4, -0.2) is 19.7 Å². The third-order valence-electron chi connectivity index (χ3n) is 2.94. The van der Waals surface area contributed by atoms with Gasteiger partial charge in [-0.2, -0.15) is 5.10 Å². The van der Waals surface area contributed by atoms with E-state index in [9.17, 15) is 0 Å². The van der Waals surface area contributed by atoms with E-state index in [2.05, 4.69) is 34.2 Å². The lowest BCUT2D eigenvalue weighted by Crippen LogP contribution is -2.17. The van der Waals surface area contributed by atoms with E-state index in [1.165, 1.54) is 0 Å². The first-order valence-electron chi connectivity index (χ1n) is 6.45. The van der Waals surface area contributed by atoms with Crippen LogP contribution >= 0.6 is 11.6 Å². The van der Waals surface area contributed by atoms with Crippen LogP contribution in [0.5, 0.6) is 0 Å². The van der Waals surface area contributed by atoms with Crippen molar-refractivity contribution >= 4 is 11.6 Å². The number of hydrogen-bond acceptors (Lipinski definition) is 4. The average molecular weight is 280 g/mol. The molecule has 2 rings (SSSR count). The van der Waals surface area contributed by atoms with Crippen LogP contribution in [-0.2, 0) is 26.1 Å². The van der Waals surface area contributed by atoms with E-state index in [1.54, 1.807) is 12.5 Å². The zero-order valence-corrected chi connectivity index (χ0v) is 12.0. The first kappa shape index (κ1) is 14.0. The molecule has 0 radical (unpaired) electrons. The normalized spacial score (nSPS) is 10.9. The molecule has 0 atom stereocenters. The third kappa shape index (κ3) is 3.30. The van der Waals surface area contributed by atoms with E-state index in [0.717, 1.165) is 35.1 Å². The van der Waals surface area contributed by atoms with Gasteiger partial charge in [-0.3, -0.25) is 4.68 Å². The van der Waals surface area contributed by atoms with Gasteiger partial charge in [0.25, 0.3) is 0 Å². The lowest BCUT2D eigenvalue weighted by atomic mass is 10.3. The molecule has 1 N–H and O–H groups in total. The second kappa shape index (κ2) is 6.63. The summed E-state index contributed by atoms with van der Waals surface area (Å²) < 4.78 is 1.95. The maximum absolute atomic E-state index is 6.34. The Hall–Kier alpha value is -1.46. The largest absolute Gasteiger partial charge is 0.305 e. The predicted octanol–water partition coefficient (Wildman–Crippen LogP) is 2.20. The van der Waals surface area contributed by atoms with Crippen LogP contribution in [0.3, 0.4) is 0 Å². The van der Waals surface area contributed by atoms with Crippen molar-refractivity contribution in [3.63, 3.8) is 0 Å². The highest BCUT2D eigenvalue weighted by Gasteiger charge is 2.13. The minimum Gasteiger partial charge on any atom is -0.305 e. The van der Waals surface area contributed by atoms with Crippen molar-refractivity contribution in [3.05, 3.63) is 40.7 Å². The van der Waals surface area contributed by atoms with Crippen molar-refractivity contribution in [2.45, 2.75) is 39.9 Å². The molecule has 2 aromatic rings. The fourth-order valence-electron chi connectivity index (χ4n) is 1.92. The van der Waals surface area contributed by atoms with Gasteiger partial charge in [-0.15, -0.1) is 0 Å². The lowest BCUT2D eigenvalue weighted by molar-refractivity contribution is 0.574. The second-order valence-corrected chi connectivity index (χ2v) is 4.56. The van der Waals surface area contributed by atoms with Crippen molar-refractivity contribution < 1.29 is 0 Å². The molecule has 102 valence electrons. The smallest absolute Gasteiger partial charge is 0.115 e. The van der Waals surface area contributed by atoms with Crippen LogP contribution in [0.25, 0.3) is 0 Å². The van der Waals surface area contributed by atoms with E-state index in [1.807, 2.05) is 10.7 Å². The highest BCUT2D eigenvalue weighted by Crippen LogP contribution is 2.21. The van der Waals surface area contributed by atoms with E-state index in [0.29, 0.717) is 13.1 Å². The van der Waals surface area contributed by atoms with Crippen LogP contribution in [0.4, 0.5) is 0 Å². The number of nitrogens with one attached hydrogen (secondary N) is 1. The van der Waals surface area contributed by atoms with Crippen LogP contribution in [0.2, 0.25) is 5.02 Å². The molecule has 0 unspecified atom stereocenters. The average Bonchev–Trinajstić information content (AvgIpc) is 2.76. The van der Waals surface area contributed by atoms with Gasteiger partial charge in [-0.05, 0) is 19.4 Å². The van der Waals surface area contributed by atoms with Crippen LogP contribution in [0.15, 0.2) is 18.6 Å². The van der Waals surface area contributed by atoms with E-state index in [4.69, 9.17) is 11.6 Å². The Morgan fingerprint density at radius 3 is 2.79 bits per heavy atom. The number of aromatic nitrogens is 4. The molecule has 0 bridgehead atoms. The van der Waals surface area contributed by atoms with E-state index in [-0.39, 0.29) is 0 Å². The Bertz CT molecular complexity index is 523. The topological polar surface area (TPSA) is 55.6 Å². The number of hydrogen-bond donors (Lipinski definition) is 1. The molecule has 0 amide bonds. The molecule has 0 saturated carbocycles. The summed E-state index contributed by atoms with van der Waals surface area (Å²) in [6, 6.07) is 1.89. The quantitative estimate of drug-likeness (QED) is 0.881. The fraction of sp³-hybridized carbons (Fsp3) is 0.462. The summed E-state index contributed by atoms with van der Waals surface area (Å²) in [4.78, 5) is 8.06. The van der Waals surface area contributed by atoms with Crippen molar-refractivity contribution in [3.8, 4) is 0 Å². The third-order valence-corrected chi connectivity index (χ3v) is 3.37. The maximum atomic E-state index is 6.34. The summed E-state index contributed by atoms with van der Waals surface area (Å²) >= 11 is 6.34. The molecule has 0 aromatic carbocycles. The number of nitrogens with zero attached hydrogens (tertiary/aromatic N) is 4. The van der Waals surface area contributed by atoms with E-state index >= 15 is 0 Å². The van der Waals surface area contributed by atoms with Crippen molar-refractivity contribution in [1.82, 2.24) is 25.1 Å². The number of aryl methyl sites for hydroxylation is 2. The molecule has 0 saturated heterocycles. The number of halogens is 1. The summed E-state index contributed by atoms with van der Waals surface area (Å²) in [6.45, 7) is 6.33. The first-order valence-corrected chi connectivity index (χ1v) is 6.83. The van der Waals surface area contributed by atoms with Gasteiger partial charge in [-0.1, -0.05) is 18.5 Å². The molecule has 0 aliphatic carbocycles. The van der Waals surface area contributed by atoms with Gasteiger partial charge in [-0.25, -0.2) is 9.97 Å². The maximum Gasteiger partial charge on any atom is 0.115 e. The molecule has 19 heavy (non-hydrogen) atoms.